The van der Waals surface area contributed by atoms with Gasteiger partial charge in [0.25, 0.3) is 0 Å². The molecule has 2 nitrogen and oxygen atoms in total. The molecule has 3 atom stereocenters. The highest BCUT2D eigenvalue weighted by Crippen LogP contribution is 2.48. The fraction of sp³-hybridized carbons (Fsp3) is 0.692. The molecule has 3 aliphatic heterocycles. The highest BCUT2D eigenvalue weighted by molar-refractivity contribution is 7.10. The predicted molar refractivity (Wildman–Crippen MR) is 64.8 cm³/mol. The summed E-state index contributed by atoms with van der Waals surface area (Å²) < 4.78 is 6.16. The van der Waals surface area contributed by atoms with Crippen LogP contribution in [0.4, 0.5) is 0 Å². The summed E-state index contributed by atoms with van der Waals surface area (Å²) in [6, 6.07) is 2.31. The van der Waals surface area contributed by atoms with Crippen LogP contribution in [0.1, 0.15) is 36.1 Å². The molecule has 0 aromatic carbocycles. The molecule has 3 unspecified atom stereocenters. The lowest BCUT2D eigenvalue weighted by atomic mass is 9.80. The highest BCUT2D eigenvalue weighted by atomic mass is 32.1. The molecule has 0 saturated carbocycles. The molecule has 1 aromatic rings. The van der Waals surface area contributed by atoms with Gasteiger partial charge in [0.2, 0.25) is 0 Å². The van der Waals surface area contributed by atoms with E-state index in [0.717, 1.165) is 6.54 Å². The van der Waals surface area contributed by atoms with Gasteiger partial charge in [0.15, 0.2) is 0 Å². The van der Waals surface area contributed by atoms with Gasteiger partial charge in [-0.05, 0) is 49.1 Å². The average molecular weight is 235 g/mol. The Labute approximate surface area is 100 Å². The van der Waals surface area contributed by atoms with Gasteiger partial charge < -0.3 is 10.1 Å². The van der Waals surface area contributed by atoms with Crippen molar-refractivity contribution in [3.05, 3.63) is 21.9 Å². The summed E-state index contributed by atoms with van der Waals surface area (Å²) >= 11 is 1.93. The maximum Gasteiger partial charge on any atom is 0.0811 e. The second-order valence-electron chi connectivity index (χ2n) is 5.29. The third-order valence-corrected chi connectivity index (χ3v) is 5.64. The molecule has 0 aliphatic carbocycles. The van der Waals surface area contributed by atoms with E-state index in [-0.39, 0.29) is 5.54 Å². The molecular formula is C13H17NOS. The number of hydrogen-bond donors (Lipinski definition) is 1. The molecule has 1 aromatic heterocycles. The van der Waals surface area contributed by atoms with Crippen LogP contribution in [-0.2, 0) is 16.7 Å². The summed E-state index contributed by atoms with van der Waals surface area (Å²) in [6.07, 6.45) is 7.21. The van der Waals surface area contributed by atoms with Gasteiger partial charge in [-0.3, -0.25) is 0 Å². The van der Waals surface area contributed by atoms with Gasteiger partial charge in [0.1, 0.15) is 0 Å². The largest absolute Gasteiger partial charge is 0.373 e. The summed E-state index contributed by atoms with van der Waals surface area (Å²) in [4.78, 5) is 1.57. The number of nitrogens with one attached hydrogen (secondary N) is 1. The quantitative estimate of drug-likeness (QED) is 0.745. The Morgan fingerprint density at radius 1 is 1.38 bits per heavy atom. The average Bonchev–Trinajstić information content (AvgIpc) is 2.93. The van der Waals surface area contributed by atoms with Crippen molar-refractivity contribution in [3.63, 3.8) is 0 Å². The van der Waals surface area contributed by atoms with Gasteiger partial charge in [0.05, 0.1) is 17.7 Å². The number of ether oxygens (including phenoxy) is 1. The van der Waals surface area contributed by atoms with Gasteiger partial charge in [-0.25, -0.2) is 0 Å². The van der Waals surface area contributed by atoms with Crippen LogP contribution in [0.2, 0.25) is 0 Å². The molecule has 2 fully saturated rings. The summed E-state index contributed by atoms with van der Waals surface area (Å²) in [7, 11) is 0. The first-order valence-corrected chi connectivity index (χ1v) is 7.24. The van der Waals surface area contributed by atoms with Crippen molar-refractivity contribution in [2.45, 2.75) is 49.9 Å². The smallest absolute Gasteiger partial charge is 0.0811 e. The van der Waals surface area contributed by atoms with E-state index in [1.165, 1.54) is 32.1 Å². The molecule has 3 aliphatic rings. The minimum atomic E-state index is 0.175. The van der Waals surface area contributed by atoms with Crippen molar-refractivity contribution in [1.82, 2.24) is 5.32 Å². The number of hydrogen-bond acceptors (Lipinski definition) is 3. The first-order chi connectivity index (χ1) is 7.88. The maximum absolute atomic E-state index is 6.16. The number of fused-ring (bicyclic) bond motifs is 5. The Balaban J connectivity index is 1.82. The van der Waals surface area contributed by atoms with Crippen LogP contribution in [0, 0.1) is 0 Å². The minimum absolute atomic E-state index is 0.175. The number of thiophene rings is 1. The van der Waals surface area contributed by atoms with Crippen LogP contribution >= 0.6 is 11.3 Å². The normalized spacial score (nSPS) is 41.2. The molecule has 1 N–H and O–H groups in total. The second kappa shape index (κ2) is 3.31. The maximum atomic E-state index is 6.16. The molecule has 2 bridgehead atoms. The van der Waals surface area contributed by atoms with E-state index in [0.29, 0.717) is 12.2 Å². The fourth-order valence-corrected chi connectivity index (χ4v) is 4.92. The first-order valence-electron chi connectivity index (χ1n) is 6.36. The van der Waals surface area contributed by atoms with E-state index >= 15 is 0 Å². The first kappa shape index (κ1) is 9.63. The predicted octanol–water partition coefficient (Wildman–Crippen LogP) is 2.43. The molecule has 4 heterocycles. The van der Waals surface area contributed by atoms with Crippen molar-refractivity contribution in [3.8, 4) is 0 Å². The van der Waals surface area contributed by atoms with Crippen LogP contribution in [0.25, 0.3) is 0 Å². The lowest BCUT2D eigenvalue weighted by Crippen LogP contribution is -2.56. The van der Waals surface area contributed by atoms with Crippen LogP contribution in [0.3, 0.4) is 0 Å². The molecular weight excluding hydrogens is 218 g/mol. The van der Waals surface area contributed by atoms with Crippen LogP contribution < -0.4 is 5.32 Å². The zero-order valence-electron chi connectivity index (χ0n) is 9.37. The Kier molecular flexibility index (Phi) is 1.99. The lowest BCUT2D eigenvalue weighted by Gasteiger charge is -2.45. The summed E-state index contributed by atoms with van der Waals surface area (Å²) in [5.41, 5.74) is 1.74. The third-order valence-electron chi connectivity index (χ3n) is 4.50. The molecule has 4 rings (SSSR count). The van der Waals surface area contributed by atoms with E-state index in [1.54, 1.807) is 10.4 Å². The Bertz CT molecular complexity index is 416. The molecule has 16 heavy (non-hydrogen) atoms. The van der Waals surface area contributed by atoms with Crippen molar-refractivity contribution < 1.29 is 4.74 Å². The summed E-state index contributed by atoms with van der Waals surface area (Å²) in [6.45, 7) is 1.12. The van der Waals surface area contributed by atoms with E-state index in [2.05, 4.69) is 16.8 Å². The van der Waals surface area contributed by atoms with Crippen LogP contribution in [0.15, 0.2) is 11.4 Å². The second-order valence-corrected chi connectivity index (χ2v) is 6.20. The van der Waals surface area contributed by atoms with E-state index in [1.807, 2.05) is 11.3 Å². The van der Waals surface area contributed by atoms with Crippen LogP contribution in [-0.4, -0.2) is 18.8 Å². The summed E-state index contributed by atoms with van der Waals surface area (Å²) in [5, 5.41) is 6.04. The Morgan fingerprint density at radius 2 is 2.38 bits per heavy atom. The minimum Gasteiger partial charge on any atom is -0.373 e. The van der Waals surface area contributed by atoms with E-state index in [9.17, 15) is 0 Å². The molecule has 0 amide bonds. The fourth-order valence-electron chi connectivity index (χ4n) is 3.72. The molecule has 86 valence electrons. The number of rotatable bonds is 0. The molecule has 3 heteroatoms. The molecule has 0 radical (unpaired) electrons. The zero-order chi connectivity index (χ0) is 10.6. The van der Waals surface area contributed by atoms with Crippen LogP contribution in [0.5, 0.6) is 0 Å². The zero-order valence-corrected chi connectivity index (χ0v) is 10.2. The van der Waals surface area contributed by atoms with Gasteiger partial charge in [-0.1, -0.05) is 0 Å². The topological polar surface area (TPSA) is 21.3 Å². The summed E-state index contributed by atoms with van der Waals surface area (Å²) in [5.74, 6) is 0. The SMILES string of the molecule is c1cc2c(s1)C1(CCC3CCC1O3)NCC2. The van der Waals surface area contributed by atoms with Gasteiger partial charge in [-0.15, -0.1) is 11.3 Å². The standard InChI is InChI=1S/C13H17NOS/c1-2-11-13(6-3-10(1)15-11)12-9(4-7-14-13)5-8-16-12/h5,8,10-11,14H,1-4,6-7H2. The van der Waals surface area contributed by atoms with E-state index in [4.69, 9.17) is 4.74 Å². The van der Waals surface area contributed by atoms with Crippen molar-refractivity contribution in [1.29, 1.82) is 0 Å². The van der Waals surface area contributed by atoms with Crippen molar-refractivity contribution in [2.24, 2.45) is 0 Å². The monoisotopic (exact) mass is 235 g/mol. The lowest BCUT2D eigenvalue weighted by molar-refractivity contribution is -0.0627. The Morgan fingerprint density at radius 3 is 3.38 bits per heavy atom. The van der Waals surface area contributed by atoms with Gasteiger partial charge in [0, 0.05) is 11.4 Å². The van der Waals surface area contributed by atoms with Crippen molar-refractivity contribution in [2.75, 3.05) is 6.54 Å². The molecule has 1 spiro atoms. The third kappa shape index (κ3) is 1.14. The van der Waals surface area contributed by atoms with Gasteiger partial charge >= 0.3 is 0 Å². The highest BCUT2D eigenvalue weighted by Gasteiger charge is 2.51. The van der Waals surface area contributed by atoms with Crippen molar-refractivity contribution >= 4 is 11.3 Å². The van der Waals surface area contributed by atoms with E-state index < -0.39 is 0 Å². The van der Waals surface area contributed by atoms with Gasteiger partial charge in [-0.2, -0.15) is 0 Å². The molecule has 2 saturated heterocycles. The Hall–Kier alpha value is -0.380.